The average molecular weight is 586 g/mol. The van der Waals surface area contributed by atoms with Gasteiger partial charge in [0.15, 0.2) is 6.23 Å². The number of nitrogens with zero attached hydrogens (tertiary/aromatic N) is 2. The van der Waals surface area contributed by atoms with E-state index in [1.165, 1.54) is 30.1 Å². The van der Waals surface area contributed by atoms with Crippen LogP contribution < -0.4 is 21.6 Å². The number of H-pyrrole nitrogens is 1. The molecule has 0 spiro atoms. The molecule has 4 atom stereocenters. The number of hydrogen-bond acceptors (Lipinski definition) is 8. The molecule has 0 unspecified atom stereocenters. The van der Waals surface area contributed by atoms with Gasteiger partial charge in [-0.25, -0.2) is 4.79 Å². The third kappa shape index (κ3) is 9.30. The molecule has 1 aliphatic heterocycles. The third-order valence-corrected chi connectivity index (χ3v) is 10.3. The Kier molecular flexibility index (Phi) is 13.1. The van der Waals surface area contributed by atoms with E-state index in [0.29, 0.717) is 5.56 Å². The smallest absolute Gasteiger partial charge is 0.330 e. The number of aliphatic hydroxyl groups excluding tert-OH is 2. The van der Waals surface area contributed by atoms with Crippen molar-refractivity contribution in [3.63, 3.8) is 0 Å². The summed E-state index contributed by atoms with van der Waals surface area (Å²) in [5.41, 5.74) is -0.861. The highest BCUT2D eigenvalue weighted by molar-refractivity contribution is 6.85. The number of rotatable bonds is 12. The summed E-state index contributed by atoms with van der Waals surface area (Å²) in [5, 5.41) is 24.2. The summed E-state index contributed by atoms with van der Waals surface area (Å²) in [7, 11) is 2.48. The fourth-order valence-electron chi connectivity index (χ4n) is 4.76. The van der Waals surface area contributed by atoms with Crippen LogP contribution in [0.25, 0.3) is 0 Å². The van der Waals surface area contributed by atoms with Crippen LogP contribution in [0.2, 0.25) is 6.04 Å². The van der Waals surface area contributed by atoms with Gasteiger partial charge in [-0.2, -0.15) is 5.06 Å². The molecule has 2 aromatic carbocycles. The van der Waals surface area contributed by atoms with Gasteiger partial charge in [-0.1, -0.05) is 96.8 Å². The molecule has 0 amide bonds. The van der Waals surface area contributed by atoms with E-state index in [9.17, 15) is 19.8 Å². The number of aromatic amines is 1. The Morgan fingerprint density at radius 2 is 1.63 bits per heavy atom. The van der Waals surface area contributed by atoms with Gasteiger partial charge in [0.25, 0.3) is 5.56 Å². The van der Waals surface area contributed by atoms with E-state index in [1.807, 2.05) is 0 Å². The molecule has 1 fully saturated rings. The van der Waals surface area contributed by atoms with Crippen molar-refractivity contribution < 1.29 is 24.5 Å². The summed E-state index contributed by atoms with van der Waals surface area (Å²) in [6.45, 7) is 3.79. The van der Waals surface area contributed by atoms with Crippen LogP contribution in [0.1, 0.15) is 31.6 Å². The van der Waals surface area contributed by atoms with Crippen LogP contribution in [0.15, 0.2) is 76.4 Å². The normalized spacial score (nSPS) is 20.3. The summed E-state index contributed by atoms with van der Waals surface area (Å²) in [5.74, 6) is 0. The molecule has 1 aromatic heterocycles. The van der Waals surface area contributed by atoms with Gasteiger partial charge in [0.2, 0.25) is 0 Å². The van der Waals surface area contributed by atoms with Crippen LogP contribution in [0.4, 0.5) is 0 Å². The Morgan fingerprint density at radius 3 is 2.17 bits per heavy atom. The van der Waals surface area contributed by atoms with E-state index in [2.05, 4.69) is 72.6 Å². The molecule has 3 aromatic rings. The van der Waals surface area contributed by atoms with Gasteiger partial charge in [-0.15, -0.1) is 0 Å². The maximum absolute atomic E-state index is 12.0. The van der Waals surface area contributed by atoms with Gasteiger partial charge < -0.3 is 19.7 Å². The lowest BCUT2D eigenvalue weighted by Gasteiger charge is -2.22. The monoisotopic (exact) mass is 585 g/mol. The summed E-state index contributed by atoms with van der Waals surface area (Å²) in [6, 6.07) is 23.5. The molecule has 3 N–H and O–H groups in total. The number of aryl methyl sites for hydroxylation is 1. The van der Waals surface area contributed by atoms with Crippen molar-refractivity contribution in [2.24, 2.45) is 0 Å². The first-order valence-electron chi connectivity index (χ1n) is 14.0. The lowest BCUT2D eigenvalue weighted by atomic mass is 10.1. The van der Waals surface area contributed by atoms with Crippen LogP contribution >= 0.6 is 0 Å². The SMILES string of the molecule is CCCC[SiH](c1ccccc1)c1ccccc1.Cc1cn([C@@H]2O[C@H](CO)[C@@H](O)[C@H]2OCCON(C)C)c(=O)[nH]c1=O. The number of aromatic nitrogens is 2. The summed E-state index contributed by atoms with van der Waals surface area (Å²) in [4.78, 5) is 30.9. The van der Waals surface area contributed by atoms with Crippen molar-refractivity contribution in [2.45, 2.75) is 57.3 Å². The van der Waals surface area contributed by atoms with Crippen LogP contribution in [0.3, 0.4) is 0 Å². The number of hydrogen-bond donors (Lipinski definition) is 3. The minimum atomic E-state index is -1.13. The van der Waals surface area contributed by atoms with Gasteiger partial charge in [-0.3, -0.25) is 19.2 Å². The van der Waals surface area contributed by atoms with Crippen LogP contribution in [-0.4, -0.2) is 85.9 Å². The Labute approximate surface area is 242 Å². The first-order chi connectivity index (χ1) is 19.8. The van der Waals surface area contributed by atoms with Crippen molar-refractivity contribution in [3.8, 4) is 0 Å². The largest absolute Gasteiger partial charge is 0.394 e. The molecule has 0 saturated carbocycles. The van der Waals surface area contributed by atoms with Crippen molar-refractivity contribution in [1.82, 2.24) is 14.6 Å². The van der Waals surface area contributed by atoms with E-state index in [-0.39, 0.29) is 13.2 Å². The number of unbranched alkanes of at least 4 members (excludes halogenated alkanes) is 1. The topological polar surface area (TPSA) is 126 Å². The van der Waals surface area contributed by atoms with Gasteiger partial charge in [0.05, 0.1) is 19.8 Å². The highest BCUT2D eigenvalue weighted by Crippen LogP contribution is 2.30. The second kappa shape index (κ2) is 16.5. The van der Waals surface area contributed by atoms with Crippen molar-refractivity contribution in [2.75, 3.05) is 33.9 Å². The van der Waals surface area contributed by atoms with Crippen LogP contribution in [-0.2, 0) is 14.3 Å². The van der Waals surface area contributed by atoms with Crippen LogP contribution in [0.5, 0.6) is 0 Å². The van der Waals surface area contributed by atoms with Crippen LogP contribution in [0, 0.1) is 6.92 Å². The standard InChI is InChI=1S/C16H20Si.C14H23N3O7/c1-2-3-14-17(15-10-6-4-7-11-15)16-12-8-5-9-13-16;1-8-6-17(14(21)15-12(8)20)13-11(10(19)9(7-18)24-13)22-4-5-23-16(2)3/h4-13,17H,2-3,14H2,1H3;6,9-11,13,18-19H,4-5,7H2,1-3H3,(H,15,20,21)/t;9-,10-,11-,13-/m.1/s1. The maximum atomic E-state index is 12.0. The Hall–Kier alpha value is -2.90. The number of nitrogens with one attached hydrogen (secondary N) is 1. The van der Waals surface area contributed by atoms with E-state index in [1.54, 1.807) is 31.4 Å². The van der Waals surface area contributed by atoms with Gasteiger partial charge >= 0.3 is 5.69 Å². The average Bonchev–Trinajstić information content (AvgIpc) is 3.29. The fourth-order valence-corrected chi connectivity index (χ4v) is 8.00. The molecule has 11 heteroatoms. The zero-order chi connectivity index (χ0) is 29.8. The molecule has 1 saturated heterocycles. The first-order valence-corrected chi connectivity index (χ1v) is 16.0. The van der Waals surface area contributed by atoms with Crippen molar-refractivity contribution >= 4 is 19.2 Å². The number of aliphatic hydroxyl groups is 2. The highest BCUT2D eigenvalue weighted by Gasteiger charge is 2.45. The Balaban J connectivity index is 0.000000239. The van der Waals surface area contributed by atoms with E-state index < -0.39 is 51.2 Å². The summed E-state index contributed by atoms with van der Waals surface area (Å²) < 4.78 is 12.3. The molecule has 0 bridgehead atoms. The number of ether oxygens (including phenoxy) is 2. The molecule has 224 valence electrons. The van der Waals surface area contributed by atoms with E-state index in [4.69, 9.17) is 14.3 Å². The Morgan fingerprint density at radius 1 is 1.02 bits per heavy atom. The predicted molar refractivity (Wildman–Crippen MR) is 161 cm³/mol. The van der Waals surface area contributed by atoms with Gasteiger partial charge in [-0.05, 0) is 6.92 Å². The molecule has 2 heterocycles. The molecule has 1 aliphatic rings. The zero-order valence-electron chi connectivity index (χ0n) is 24.3. The number of benzene rings is 2. The number of hydroxylamine groups is 2. The molecular formula is C30H43N3O7Si. The van der Waals surface area contributed by atoms with Gasteiger partial charge in [0, 0.05) is 25.9 Å². The quantitative estimate of drug-likeness (QED) is 0.162. The second-order valence-electron chi connectivity index (χ2n) is 10.2. The highest BCUT2D eigenvalue weighted by atomic mass is 28.3. The molecule has 41 heavy (non-hydrogen) atoms. The van der Waals surface area contributed by atoms with E-state index in [0.717, 1.165) is 4.57 Å². The lowest BCUT2D eigenvalue weighted by Crippen LogP contribution is -2.41. The van der Waals surface area contributed by atoms with Crippen molar-refractivity contribution in [1.29, 1.82) is 0 Å². The molecule has 0 aliphatic carbocycles. The van der Waals surface area contributed by atoms with Crippen molar-refractivity contribution in [3.05, 3.63) is 93.3 Å². The fraction of sp³-hybridized carbons (Fsp3) is 0.467. The summed E-state index contributed by atoms with van der Waals surface area (Å²) >= 11 is 0. The van der Waals surface area contributed by atoms with E-state index >= 15 is 0 Å². The second-order valence-corrected chi connectivity index (χ2v) is 13.2. The Bertz CT molecular complexity index is 1250. The molecule has 4 rings (SSSR count). The zero-order valence-corrected chi connectivity index (χ0v) is 25.5. The first kappa shape index (κ1) is 32.6. The third-order valence-electron chi connectivity index (χ3n) is 6.91. The van der Waals surface area contributed by atoms with Gasteiger partial charge in [0.1, 0.15) is 27.1 Å². The minimum Gasteiger partial charge on any atom is -0.394 e. The molecular weight excluding hydrogens is 542 g/mol. The maximum Gasteiger partial charge on any atom is 0.330 e. The lowest BCUT2D eigenvalue weighted by molar-refractivity contribution is -0.151. The molecule has 0 radical (unpaired) electrons. The molecule has 10 nitrogen and oxygen atoms in total. The predicted octanol–water partition coefficient (Wildman–Crippen LogP) is 0.802. The minimum absolute atomic E-state index is 0.148. The summed E-state index contributed by atoms with van der Waals surface area (Å²) in [6.07, 6.45) is 0.0947.